The SMILES string of the molecule is COC1CCCC1C1COCCN1C(=O)Nc1ccc(C(F)(F)F)nc1C. The number of alkyl halides is 3. The maximum atomic E-state index is 12.8. The first kappa shape index (κ1) is 19.9. The number of ether oxygens (including phenoxy) is 2. The van der Waals surface area contributed by atoms with E-state index in [1.165, 1.54) is 13.0 Å². The van der Waals surface area contributed by atoms with Gasteiger partial charge in [-0.2, -0.15) is 13.2 Å². The third kappa shape index (κ3) is 4.35. The van der Waals surface area contributed by atoms with E-state index in [0.717, 1.165) is 25.3 Å². The Bertz CT molecular complexity index is 684. The first-order chi connectivity index (χ1) is 12.8. The van der Waals surface area contributed by atoms with Crippen molar-refractivity contribution >= 4 is 11.7 Å². The van der Waals surface area contributed by atoms with Crippen LogP contribution in [0.1, 0.15) is 30.7 Å². The van der Waals surface area contributed by atoms with E-state index in [0.29, 0.717) is 19.8 Å². The molecule has 0 bridgehead atoms. The maximum absolute atomic E-state index is 12.8. The highest BCUT2D eigenvalue weighted by molar-refractivity contribution is 5.90. The largest absolute Gasteiger partial charge is 0.433 e. The summed E-state index contributed by atoms with van der Waals surface area (Å²) in [6.45, 7) is 2.73. The zero-order valence-electron chi connectivity index (χ0n) is 15.4. The van der Waals surface area contributed by atoms with Crippen LogP contribution in [0.2, 0.25) is 0 Å². The summed E-state index contributed by atoms with van der Waals surface area (Å²) in [6.07, 6.45) is -1.48. The van der Waals surface area contributed by atoms with Gasteiger partial charge in [0.25, 0.3) is 0 Å². The van der Waals surface area contributed by atoms with Crippen molar-refractivity contribution in [2.24, 2.45) is 5.92 Å². The van der Waals surface area contributed by atoms with Crippen LogP contribution in [-0.4, -0.2) is 54.9 Å². The second-order valence-corrected chi connectivity index (χ2v) is 6.96. The number of methoxy groups -OCH3 is 1. The van der Waals surface area contributed by atoms with Gasteiger partial charge in [-0.1, -0.05) is 6.42 Å². The Morgan fingerprint density at radius 2 is 2.15 bits per heavy atom. The minimum absolute atomic E-state index is 0.0847. The number of pyridine rings is 1. The van der Waals surface area contributed by atoms with Crippen molar-refractivity contribution in [3.05, 3.63) is 23.5 Å². The van der Waals surface area contributed by atoms with Gasteiger partial charge in [-0.05, 0) is 31.9 Å². The van der Waals surface area contributed by atoms with E-state index in [1.807, 2.05) is 0 Å². The standard InChI is InChI=1S/C18H24F3N3O3/c1-11-13(6-7-16(22-11)18(19,20)21)23-17(25)24-8-9-27-10-14(24)12-4-3-5-15(12)26-2/h6-7,12,14-15H,3-5,8-10H2,1-2H3,(H,23,25). The number of hydrogen-bond acceptors (Lipinski definition) is 4. The van der Waals surface area contributed by atoms with E-state index >= 15 is 0 Å². The predicted octanol–water partition coefficient (Wildman–Crippen LogP) is 3.46. The number of anilines is 1. The molecule has 27 heavy (non-hydrogen) atoms. The fraction of sp³-hybridized carbons (Fsp3) is 0.667. The van der Waals surface area contributed by atoms with Crippen LogP contribution < -0.4 is 5.32 Å². The summed E-state index contributed by atoms with van der Waals surface area (Å²) in [5.41, 5.74) is -0.581. The van der Waals surface area contributed by atoms with Gasteiger partial charge in [0.15, 0.2) is 0 Å². The topological polar surface area (TPSA) is 63.7 Å². The quantitative estimate of drug-likeness (QED) is 0.863. The highest BCUT2D eigenvalue weighted by atomic mass is 19.4. The van der Waals surface area contributed by atoms with Crippen LogP contribution in [0.4, 0.5) is 23.7 Å². The normalized spacial score (nSPS) is 26.3. The number of halogens is 3. The molecule has 1 saturated carbocycles. The second-order valence-electron chi connectivity index (χ2n) is 6.96. The van der Waals surface area contributed by atoms with Gasteiger partial charge in [0.05, 0.1) is 36.7 Å². The van der Waals surface area contributed by atoms with Gasteiger partial charge >= 0.3 is 12.2 Å². The molecule has 2 aliphatic rings. The van der Waals surface area contributed by atoms with E-state index in [2.05, 4.69) is 10.3 Å². The van der Waals surface area contributed by atoms with Gasteiger partial charge in [-0.25, -0.2) is 9.78 Å². The summed E-state index contributed by atoms with van der Waals surface area (Å²) in [6, 6.07) is 1.65. The predicted molar refractivity (Wildman–Crippen MR) is 92.4 cm³/mol. The highest BCUT2D eigenvalue weighted by Crippen LogP contribution is 2.34. The third-order valence-electron chi connectivity index (χ3n) is 5.34. The van der Waals surface area contributed by atoms with E-state index in [-0.39, 0.29) is 35.5 Å². The first-order valence-corrected chi connectivity index (χ1v) is 9.04. The molecule has 3 atom stereocenters. The molecule has 1 aliphatic carbocycles. The molecule has 2 heterocycles. The molecule has 1 aliphatic heterocycles. The molecule has 3 unspecified atom stereocenters. The Morgan fingerprint density at radius 3 is 2.81 bits per heavy atom. The molecule has 1 aromatic heterocycles. The molecule has 1 saturated heterocycles. The van der Waals surface area contributed by atoms with Crippen LogP contribution in [0.5, 0.6) is 0 Å². The van der Waals surface area contributed by atoms with Gasteiger partial charge in [-0.3, -0.25) is 0 Å². The van der Waals surface area contributed by atoms with Gasteiger partial charge in [0, 0.05) is 19.6 Å². The molecule has 3 rings (SSSR count). The van der Waals surface area contributed by atoms with Crippen molar-refractivity contribution in [3.8, 4) is 0 Å². The van der Waals surface area contributed by atoms with Crippen LogP contribution in [0.15, 0.2) is 12.1 Å². The molecule has 9 heteroatoms. The van der Waals surface area contributed by atoms with Crippen LogP contribution >= 0.6 is 0 Å². The highest BCUT2D eigenvalue weighted by Gasteiger charge is 2.40. The Kier molecular flexibility index (Phi) is 5.90. The van der Waals surface area contributed by atoms with Crippen molar-refractivity contribution in [1.82, 2.24) is 9.88 Å². The fourth-order valence-electron chi connectivity index (χ4n) is 3.96. The van der Waals surface area contributed by atoms with Crippen molar-refractivity contribution in [1.29, 1.82) is 0 Å². The maximum Gasteiger partial charge on any atom is 0.433 e. The van der Waals surface area contributed by atoms with E-state index < -0.39 is 11.9 Å². The summed E-state index contributed by atoms with van der Waals surface area (Å²) < 4.78 is 49.4. The number of urea groups is 1. The van der Waals surface area contributed by atoms with Crippen molar-refractivity contribution < 1.29 is 27.4 Å². The second kappa shape index (κ2) is 8.02. The zero-order valence-corrected chi connectivity index (χ0v) is 15.4. The van der Waals surface area contributed by atoms with E-state index in [9.17, 15) is 18.0 Å². The average molecular weight is 387 g/mol. The summed E-state index contributed by atoms with van der Waals surface area (Å²) in [4.78, 5) is 18.1. The molecular weight excluding hydrogens is 363 g/mol. The number of morpholine rings is 1. The minimum Gasteiger partial charge on any atom is -0.381 e. The summed E-state index contributed by atoms with van der Waals surface area (Å²) in [5, 5.41) is 2.71. The smallest absolute Gasteiger partial charge is 0.381 e. The van der Waals surface area contributed by atoms with Crippen molar-refractivity contribution in [2.75, 3.05) is 32.2 Å². The van der Waals surface area contributed by atoms with E-state index in [4.69, 9.17) is 9.47 Å². The third-order valence-corrected chi connectivity index (χ3v) is 5.34. The molecule has 6 nitrogen and oxygen atoms in total. The van der Waals surface area contributed by atoms with Gasteiger partial charge in [0.2, 0.25) is 0 Å². The first-order valence-electron chi connectivity index (χ1n) is 9.04. The summed E-state index contributed by atoms with van der Waals surface area (Å²) >= 11 is 0. The Hall–Kier alpha value is -1.87. The molecule has 1 N–H and O–H groups in total. The number of nitrogens with zero attached hydrogens (tertiary/aromatic N) is 2. The lowest BCUT2D eigenvalue weighted by Crippen LogP contribution is -2.55. The lowest BCUT2D eigenvalue weighted by molar-refractivity contribution is -0.141. The van der Waals surface area contributed by atoms with Gasteiger partial charge in [0.1, 0.15) is 5.69 Å². The molecule has 2 fully saturated rings. The van der Waals surface area contributed by atoms with E-state index in [1.54, 1.807) is 12.0 Å². The van der Waals surface area contributed by atoms with Gasteiger partial charge < -0.3 is 19.7 Å². The number of rotatable bonds is 3. The number of amides is 2. The minimum atomic E-state index is -4.51. The number of aryl methyl sites for hydroxylation is 1. The van der Waals surface area contributed by atoms with Crippen molar-refractivity contribution in [3.63, 3.8) is 0 Å². The van der Waals surface area contributed by atoms with Crippen LogP contribution in [0.3, 0.4) is 0 Å². The molecule has 0 aromatic carbocycles. The Morgan fingerprint density at radius 1 is 1.37 bits per heavy atom. The molecular formula is C18H24F3N3O3. The zero-order chi connectivity index (χ0) is 19.6. The number of carbonyl (C=O) groups is 1. The fourth-order valence-corrected chi connectivity index (χ4v) is 3.96. The molecule has 0 spiro atoms. The Balaban J connectivity index is 1.74. The molecule has 150 valence electrons. The van der Waals surface area contributed by atoms with Gasteiger partial charge in [-0.15, -0.1) is 0 Å². The monoisotopic (exact) mass is 387 g/mol. The average Bonchev–Trinajstić information content (AvgIpc) is 3.11. The number of nitrogens with one attached hydrogen (secondary N) is 1. The van der Waals surface area contributed by atoms with Crippen molar-refractivity contribution in [2.45, 2.75) is 44.5 Å². The molecule has 2 amide bonds. The summed E-state index contributed by atoms with van der Waals surface area (Å²) in [5.74, 6) is 0.188. The van der Waals surface area contributed by atoms with Crippen LogP contribution in [0, 0.1) is 12.8 Å². The number of carbonyl (C=O) groups excluding carboxylic acids is 1. The lowest BCUT2D eigenvalue weighted by atomic mass is 9.94. The van der Waals surface area contributed by atoms with Crippen LogP contribution in [0.25, 0.3) is 0 Å². The molecule has 1 aromatic rings. The summed E-state index contributed by atoms with van der Waals surface area (Å²) in [7, 11) is 1.67. The number of aromatic nitrogens is 1. The molecule has 0 radical (unpaired) electrons. The number of hydrogen-bond donors (Lipinski definition) is 1. The lowest BCUT2D eigenvalue weighted by Gasteiger charge is -2.40. The Labute approximate surface area is 156 Å². The van der Waals surface area contributed by atoms with Crippen LogP contribution in [-0.2, 0) is 15.7 Å².